The van der Waals surface area contributed by atoms with E-state index in [1.54, 1.807) is 6.07 Å². The molecule has 5 heteroatoms. The molecule has 0 unspecified atom stereocenters. The summed E-state index contributed by atoms with van der Waals surface area (Å²) in [5.74, 6) is 0.0197. The Bertz CT molecular complexity index is 416. The number of hydrogen-bond donors (Lipinski definition) is 0. The molecule has 0 N–H and O–H groups in total. The van der Waals surface area contributed by atoms with Gasteiger partial charge >= 0.3 is 0 Å². The van der Waals surface area contributed by atoms with Crippen LogP contribution in [0.5, 0.6) is 0 Å². The SMILES string of the molecule is CC(=O)Cc1ccn(S(C)(=O)=O)c1. The van der Waals surface area contributed by atoms with Crippen molar-refractivity contribution < 1.29 is 13.2 Å². The molecular formula is C8H11NO3S. The van der Waals surface area contributed by atoms with E-state index < -0.39 is 10.0 Å². The Labute approximate surface area is 77.2 Å². The fourth-order valence-electron chi connectivity index (χ4n) is 1.02. The van der Waals surface area contributed by atoms with E-state index in [9.17, 15) is 13.2 Å². The highest BCUT2D eigenvalue weighted by Crippen LogP contribution is 2.04. The van der Waals surface area contributed by atoms with Crippen molar-refractivity contribution in [1.82, 2.24) is 3.97 Å². The highest BCUT2D eigenvalue weighted by molar-refractivity contribution is 7.89. The summed E-state index contributed by atoms with van der Waals surface area (Å²) < 4.78 is 23.1. The third-order valence-electron chi connectivity index (χ3n) is 1.56. The van der Waals surface area contributed by atoms with Crippen molar-refractivity contribution in [3.63, 3.8) is 0 Å². The van der Waals surface area contributed by atoms with Crippen LogP contribution >= 0.6 is 0 Å². The Kier molecular flexibility index (Phi) is 2.56. The standard InChI is InChI=1S/C8H11NO3S/c1-7(10)5-8-3-4-9(6-8)13(2,11)12/h3-4,6H,5H2,1-2H3. The summed E-state index contributed by atoms with van der Waals surface area (Å²) in [7, 11) is -3.21. The molecule has 1 heterocycles. The first-order valence-corrected chi connectivity index (χ1v) is 5.61. The zero-order valence-corrected chi connectivity index (χ0v) is 8.34. The highest BCUT2D eigenvalue weighted by atomic mass is 32.2. The van der Waals surface area contributed by atoms with E-state index in [-0.39, 0.29) is 12.2 Å². The molecule has 4 nitrogen and oxygen atoms in total. The Morgan fingerprint density at radius 1 is 1.54 bits per heavy atom. The quantitative estimate of drug-likeness (QED) is 0.712. The number of ketones is 1. The van der Waals surface area contributed by atoms with Gasteiger partial charge in [-0.15, -0.1) is 0 Å². The Morgan fingerprint density at radius 3 is 2.54 bits per heavy atom. The van der Waals surface area contributed by atoms with E-state index in [1.165, 1.54) is 19.3 Å². The lowest BCUT2D eigenvalue weighted by molar-refractivity contribution is -0.116. The molecule has 0 amide bonds. The van der Waals surface area contributed by atoms with Gasteiger partial charge in [0.2, 0.25) is 10.0 Å². The smallest absolute Gasteiger partial charge is 0.235 e. The zero-order valence-electron chi connectivity index (χ0n) is 7.52. The molecule has 0 spiro atoms. The number of Topliss-reactive ketones (excluding diaryl/α,β-unsaturated/α-hetero) is 1. The highest BCUT2D eigenvalue weighted by Gasteiger charge is 2.06. The summed E-state index contributed by atoms with van der Waals surface area (Å²) in [6.45, 7) is 1.47. The molecule has 0 aliphatic carbocycles. The fourth-order valence-corrected chi connectivity index (χ4v) is 1.63. The predicted octanol–water partition coefficient (Wildman–Crippen LogP) is 0.427. The minimum Gasteiger partial charge on any atom is -0.300 e. The van der Waals surface area contributed by atoms with Gasteiger partial charge in [0.15, 0.2) is 0 Å². The summed E-state index contributed by atoms with van der Waals surface area (Å²) >= 11 is 0. The van der Waals surface area contributed by atoms with Crippen LogP contribution in [-0.4, -0.2) is 24.4 Å². The van der Waals surface area contributed by atoms with Crippen molar-refractivity contribution in [3.05, 3.63) is 24.0 Å². The van der Waals surface area contributed by atoms with Crippen molar-refractivity contribution in [3.8, 4) is 0 Å². The van der Waals surface area contributed by atoms with E-state index in [4.69, 9.17) is 0 Å². The first-order valence-electron chi connectivity index (χ1n) is 3.76. The lowest BCUT2D eigenvalue weighted by atomic mass is 10.2. The maximum absolute atomic E-state index is 11.0. The Balaban J connectivity index is 2.94. The van der Waals surface area contributed by atoms with Crippen LogP contribution in [-0.2, 0) is 21.2 Å². The maximum atomic E-state index is 11.0. The van der Waals surface area contributed by atoms with Crippen LogP contribution < -0.4 is 0 Å². The lowest BCUT2D eigenvalue weighted by Crippen LogP contribution is -2.07. The summed E-state index contributed by atoms with van der Waals surface area (Å²) in [5.41, 5.74) is 0.720. The minimum absolute atomic E-state index is 0.0197. The number of rotatable bonds is 3. The first-order chi connectivity index (χ1) is 5.89. The number of nitrogens with zero attached hydrogens (tertiary/aromatic N) is 1. The molecule has 0 fully saturated rings. The summed E-state index contributed by atoms with van der Waals surface area (Å²) in [6.07, 6.45) is 4.29. The number of carbonyl (C=O) groups excluding carboxylic acids is 1. The maximum Gasteiger partial charge on any atom is 0.235 e. The van der Waals surface area contributed by atoms with Gasteiger partial charge in [0.1, 0.15) is 5.78 Å². The van der Waals surface area contributed by atoms with Crippen molar-refractivity contribution in [2.45, 2.75) is 13.3 Å². The van der Waals surface area contributed by atoms with Gasteiger partial charge in [-0.2, -0.15) is 0 Å². The number of carbonyl (C=O) groups is 1. The fraction of sp³-hybridized carbons (Fsp3) is 0.375. The Morgan fingerprint density at radius 2 is 2.15 bits per heavy atom. The van der Waals surface area contributed by atoms with Crippen molar-refractivity contribution in [1.29, 1.82) is 0 Å². The Hall–Kier alpha value is -1.10. The first kappa shape index (κ1) is 9.98. The van der Waals surface area contributed by atoms with Crippen LogP contribution in [0.25, 0.3) is 0 Å². The molecule has 72 valence electrons. The van der Waals surface area contributed by atoms with E-state index in [2.05, 4.69) is 0 Å². The van der Waals surface area contributed by atoms with E-state index in [0.29, 0.717) is 0 Å². The van der Waals surface area contributed by atoms with E-state index >= 15 is 0 Å². The molecule has 13 heavy (non-hydrogen) atoms. The molecule has 0 saturated heterocycles. The van der Waals surface area contributed by atoms with Gasteiger partial charge in [-0.05, 0) is 18.6 Å². The van der Waals surface area contributed by atoms with Crippen LogP contribution in [0, 0.1) is 0 Å². The molecule has 0 radical (unpaired) electrons. The summed E-state index contributed by atoms with van der Waals surface area (Å²) in [4.78, 5) is 10.7. The second kappa shape index (κ2) is 3.33. The average Bonchev–Trinajstić information content (AvgIpc) is 2.32. The van der Waals surface area contributed by atoms with Gasteiger partial charge in [0, 0.05) is 18.8 Å². The minimum atomic E-state index is -3.21. The van der Waals surface area contributed by atoms with Crippen molar-refractivity contribution in [2.24, 2.45) is 0 Å². The molecule has 0 atom stereocenters. The van der Waals surface area contributed by atoms with Gasteiger partial charge < -0.3 is 0 Å². The van der Waals surface area contributed by atoms with Crippen molar-refractivity contribution in [2.75, 3.05) is 6.26 Å². The molecule has 0 aromatic carbocycles. The largest absolute Gasteiger partial charge is 0.300 e. The molecule has 0 bridgehead atoms. The predicted molar refractivity (Wildman–Crippen MR) is 49.1 cm³/mol. The monoisotopic (exact) mass is 201 g/mol. The second-order valence-electron chi connectivity index (χ2n) is 2.99. The van der Waals surface area contributed by atoms with Gasteiger partial charge in [-0.3, -0.25) is 8.77 Å². The summed E-state index contributed by atoms with van der Waals surface area (Å²) in [6, 6.07) is 1.63. The summed E-state index contributed by atoms with van der Waals surface area (Å²) in [5, 5.41) is 0. The average molecular weight is 201 g/mol. The molecular weight excluding hydrogens is 190 g/mol. The van der Waals surface area contributed by atoms with Crippen LogP contribution in [0.15, 0.2) is 18.5 Å². The topological polar surface area (TPSA) is 56.1 Å². The second-order valence-corrected chi connectivity index (χ2v) is 4.88. The van der Waals surface area contributed by atoms with Gasteiger partial charge in [0.05, 0.1) is 6.26 Å². The van der Waals surface area contributed by atoms with Crippen LogP contribution in [0.4, 0.5) is 0 Å². The van der Waals surface area contributed by atoms with Gasteiger partial charge in [-0.1, -0.05) is 0 Å². The van der Waals surface area contributed by atoms with Crippen molar-refractivity contribution >= 4 is 15.8 Å². The van der Waals surface area contributed by atoms with Gasteiger partial charge in [-0.25, -0.2) is 8.42 Å². The molecule has 1 aromatic heterocycles. The number of aromatic nitrogens is 1. The van der Waals surface area contributed by atoms with Crippen LogP contribution in [0.1, 0.15) is 12.5 Å². The van der Waals surface area contributed by atoms with E-state index in [1.807, 2.05) is 0 Å². The number of hydrogen-bond acceptors (Lipinski definition) is 3. The lowest BCUT2D eigenvalue weighted by Gasteiger charge is -1.96. The zero-order chi connectivity index (χ0) is 10.1. The normalized spacial score (nSPS) is 11.5. The van der Waals surface area contributed by atoms with Gasteiger partial charge in [0.25, 0.3) is 0 Å². The molecule has 0 aliphatic heterocycles. The molecule has 0 saturated carbocycles. The van der Waals surface area contributed by atoms with Crippen LogP contribution in [0.3, 0.4) is 0 Å². The molecule has 1 aromatic rings. The third kappa shape index (κ3) is 2.69. The molecule has 1 rings (SSSR count). The third-order valence-corrected chi connectivity index (χ3v) is 2.56. The van der Waals surface area contributed by atoms with Crippen LogP contribution in [0.2, 0.25) is 0 Å². The van der Waals surface area contributed by atoms with E-state index in [0.717, 1.165) is 15.8 Å². The molecule has 0 aliphatic rings.